The molecule has 3 heteroatoms. The third-order valence-corrected chi connectivity index (χ3v) is 11.9. The first-order chi connectivity index (χ1) is 14.3. The van der Waals surface area contributed by atoms with Gasteiger partial charge < -0.3 is 14.6 Å². The number of aliphatic hydroxyl groups is 1. The van der Waals surface area contributed by atoms with Crippen molar-refractivity contribution in [1.29, 1.82) is 0 Å². The van der Waals surface area contributed by atoms with Crippen LogP contribution in [0.3, 0.4) is 0 Å². The van der Waals surface area contributed by atoms with E-state index in [2.05, 4.69) is 27.7 Å². The number of hydrogen-bond acceptors (Lipinski definition) is 3. The fraction of sp³-hybridized carbons (Fsp3) is 1.00. The molecule has 1 N–H and O–H groups in total. The fourth-order valence-electron chi connectivity index (χ4n) is 10.3. The van der Waals surface area contributed by atoms with Crippen molar-refractivity contribution in [3.63, 3.8) is 0 Å². The van der Waals surface area contributed by atoms with Crippen LogP contribution in [0, 0.1) is 52.3 Å². The van der Waals surface area contributed by atoms with Crippen molar-refractivity contribution in [3.8, 4) is 0 Å². The third-order valence-electron chi connectivity index (χ3n) is 11.9. The highest BCUT2D eigenvalue weighted by atomic mass is 16.7. The van der Waals surface area contributed by atoms with E-state index in [1.54, 1.807) is 0 Å². The zero-order chi connectivity index (χ0) is 20.9. The van der Waals surface area contributed by atoms with Crippen molar-refractivity contribution in [2.24, 2.45) is 52.3 Å². The molecule has 3 nitrogen and oxygen atoms in total. The molecule has 2 aliphatic heterocycles. The van der Waals surface area contributed by atoms with Gasteiger partial charge >= 0.3 is 0 Å². The Morgan fingerprint density at radius 2 is 1.63 bits per heavy atom. The molecule has 30 heavy (non-hydrogen) atoms. The normalized spacial score (nSPS) is 62.5. The average molecular weight is 417 g/mol. The molecule has 6 aliphatic rings. The molecule has 0 aromatic rings. The van der Waals surface area contributed by atoms with Gasteiger partial charge in [-0.2, -0.15) is 0 Å². The Labute approximate surface area is 183 Å². The molecule has 1 spiro atoms. The zero-order valence-electron chi connectivity index (χ0n) is 19.7. The Hall–Kier alpha value is -0.120. The second-order valence-electron chi connectivity index (χ2n) is 13.1. The molecule has 2 saturated heterocycles. The lowest BCUT2D eigenvalue weighted by molar-refractivity contribution is -0.273. The minimum Gasteiger partial charge on any atom is -0.393 e. The molecule has 2 heterocycles. The molecule has 4 saturated carbocycles. The predicted octanol–water partition coefficient (Wildman–Crippen LogP) is 5.79. The van der Waals surface area contributed by atoms with E-state index in [1.165, 1.54) is 44.9 Å². The molecule has 0 aromatic carbocycles. The standard InChI is InChI=1S/C27H44O3/c1-16-7-12-27(29-15-16)17(2)24-23(30-27)14-22-20-6-5-18-13-19(28)8-10-25(18,3)21(20)9-11-26(22,24)4/h16-24,28H,5-15H2,1-4H3/t16-,17+,18-,19-,20-,21-,22+,23+,24+,25-,26-,27-/m0/s1. The fourth-order valence-corrected chi connectivity index (χ4v) is 10.3. The van der Waals surface area contributed by atoms with Crippen LogP contribution in [0.1, 0.15) is 91.9 Å². The van der Waals surface area contributed by atoms with Crippen LogP contribution in [0.2, 0.25) is 0 Å². The molecule has 0 aromatic heterocycles. The van der Waals surface area contributed by atoms with Gasteiger partial charge in [0.05, 0.1) is 18.8 Å². The lowest BCUT2D eigenvalue weighted by atomic mass is 9.44. The second kappa shape index (κ2) is 6.70. The van der Waals surface area contributed by atoms with Crippen molar-refractivity contribution in [2.75, 3.05) is 6.61 Å². The van der Waals surface area contributed by atoms with Gasteiger partial charge in [-0.3, -0.25) is 0 Å². The lowest BCUT2D eigenvalue weighted by Gasteiger charge is -2.61. The summed E-state index contributed by atoms with van der Waals surface area (Å²) in [6, 6.07) is 0. The summed E-state index contributed by atoms with van der Waals surface area (Å²) in [7, 11) is 0. The van der Waals surface area contributed by atoms with Gasteiger partial charge in [0, 0.05) is 12.3 Å². The van der Waals surface area contributed by atoms with Crippen molar-refractivity contribution in [2.45, 2.75) is 110 Å². The molecule has 0 unspecified atom stereocenters. The smallest absolute Gasteiger partial charge is 0.171 e. The Bertz CT molecular complexity index is 684. The number of rotatable bonds is 0. The van der Waals surface area contributed by atoms with Gasteiger partial charge in [-0.1, -0.05) is 27.7 Å². The Morgan fingerprint density at radius 3 is 2.40 bits per heavy atom. The molecule has 0 radical (unpaired) electrons. The molecule has 6 fully saturated rings. The summed E-state index contributed by atoms with van der Waals surface area (Å²) in [5.41, 5.74) is 0.899. The molecule has 0 bridgehead atoms. The number of ether oxygens (including phenoxy) is 2. The monoisotopic (exact) mass is 416 g/mol. The minimum atomic E-state index is -0.282. The van der Waals surface area contributed by atoms with E-state index >= 15 is 0 Å². The predicted molar refractivity (Wildman–Crippen MR) is 118 cm³/mol. The Morgan fingerprint density at radius 1 is 0.833 bits per heavy atom. The van der Waals surface area contributed by atoms with E-state index in [4.69, 9.17) is 9.47 Å². The SMILES string of the molecule is C[C@H]1CC[C@]2(OC1)O[C@@H]1C[C@@H]3[C@H]4CC[C@H]5C[C@@H](O)CC[C@]5(C)[C@H]4CC[C@]3(C)[C@@H]1[C@H]2C. The molecule has 4 aliphatic carbocycles. The zero-order valence-corrected chi connectivity index (χ0v) is 19.7. The van der Waals surface area contributed by atoms with Crippen LogP contribution >= 0.6 is 0 Å². The average Bonchev–Trinajstić information content (AvgIpc) is 3.16. The summed E-state index contributed by atoms with van der Waals surface area (Å²) in [5, 5.41) is 10.3. The van der Waals surface area contributed by atoms with Crippen molar-refractivity contribution >= 4 is 0 Å². The van der Waals surface area contributed by atoms with Gasteiger partial charge in [-0.05, 0) is 104 Å². The lowest BCUT2D eigenvalue weighted by Crippen LogP contribution is -2.55. The van der Waals surface area contributed by atoms with Gasteiger partial charge in [0.2, 0.25) is 0 Å². The summed E-state index contributed by atoms with van der Waals surface area (Å²) in [4.78, 5) is 0. The first kappa shape index (κ1) is 20.5. The van der Waals surface area contributed by atoms with Crippen molar-refractivity contribution in [1.82, 2.24) is 0 Å². The van der Waals surface area contributed by atoms with Gasteiger partial charge in [0.25, 0.3) is 0 Å². The summed E-state index contributed by atoms with van der Waals surface area (Å²) in [6.07, 6.45) is 12.9. The molecule has 12 atom stereocenters. The minimum absolute atomic E-state index is 0.0389. The first-order valence-electron chi connectivity index (χ1n) is 13.3. The number of aliphatic hydroxyl groups excluding tert-OH is 1. The molecule has 6 rings (SSSR count). The highest BCUT2D eigenvalue weighted by Gasteiger charge is 2.69. The summed E-state index contributed by atoms with van der Waals surface area (Å²) >= 11 is 0. The van der Waals surface area contributed by atoms with Crippen LogP contribution in [0.15, 0.2) is 0 Å². The van der Waals surface area contributed by atoms with Crippen LogP contribution in [0.4, 0.5) is 0 Å². The van der Waals surface area contributed by atoms with Gasteiger partial charge in [0.1, 0.15) is 0 Å². The van der Waals surface area contributed by atoms with Crippen LogP contribution in [-0.4, -0.2) is 29.7 Å². The van der Waals surface area contributed by atoms with E-state index in [1.807, 2.05) is 0 Å². The second-order valence-corrected chi connectivity index (χ2v) is 13.1. The van der Waals surface area contributed by atoms with E-state index in [9.17, 15) is 5.11 Å². The molecule has 0 amide bonds. The summed E-state index contributed by atoms with van der Waals surface area (Å²) in [5.74, 6) is 4.93. The van der Waals surface area contributed by atoms with E-state index in [0.29, 0.717) is 34.7 Å². The Kier molecular flexibility index (Phi) is 4.58. The number of hydrogen-bond donors (Lipinski definition) is 1. The highest BCUT2D eigenvalue weighted by Crippen LogP contribution is 2.71. The first-order valence-corrected chi connectivity index (χ1v) is 13.3. The quantitative estimate of drug-likeness (QED) is 0.543. The largest absolute Gasteiger partial charge is 0.393 e. The van der Waals surface area contributed by atoms with Gasteiger partial charge in [-0.15, -0.1) is 0 Å². The van der Waals surface area contributed by atoms with Gasteiger partial charge in [-0.25, -0.2) is 0 Å². The maximum atomic E-state index is 10.3. The molecular weight excluding hydrogens is 372 g/mol. The summed E-state index contributed by atoms with van der Waals surface area (Å²) < 4.78 is 13.4. The van der Waals surface area contributed by atoms with Crippen molar-refractivity contribution in [3.05, 3.63) is 0 Å². The molecule has 170 valence electrons. The Balaban J connectivity index is 1.26. The third kappa shape index (κ3) is 2.61. The summed E-state index contributed by atoms with van der Waals surface area (Å²) in [6.45, 7) is 10.9. The molecular formula is C27H44O3. The van der Waals surface area contributed by atoms with E-state index in [-0.39, 0.29) is 11.9 Å². The van der Waals surface area contributed by atoms with Crippen LogP contribution in [0.25, 0.3) is 0 Å². The van der Waals surface area contributed by atoms with Gasteiger partial charge in [0.15, 0.2) is 5.79 Å². The van der Waals surface area contributed by atoms with Crippen LogP contribution < -0.4 is 0 Å². The van der Waals surface area contributed by atoms with Crippen LogP contribution in [-0.2, 0) is 9.47 Å². The number of fused-ring (bicyclic) bond motifs is 7. The van der Waals surface area contributed by atoms with Crippen molar-refractivity contribution < 1.29 is 14.6 Å². The topological polar surface area (TPSA) is 38.7 Å². The van der Waals surface area contributed by atoms with E-state index < -0.39 is 0 Å². The highest BCUT2D eigenvalue weighted by molar-refractivity contribution is 5.15. The van der Waals surface area contributed by atoms with Crippen LogP contribution in [0.5, 0.6) is 0 Å². The van der Waals surface area contributed by atoms with E-state index in [0.717, 1.165) is 49.5 Å². The maximum absolute atomic E-state index is 10.3. The maximum Gasteiger partial charge on any atom is 0.171 e.